The minimum Gasteiger partial charge on any atom is -0.497 e. The second kappa shape index (κ2) is 9.59. The van der Waals surface area contributed by atoms with Crippen LogP contribution in [0.4, 0.5) is 10.1 Å². The Morgan fingerprint density at radius 3 is 2.34 bits per heavy atom. The fourth-order valence-electron chi connectivity index (χ4n) is 3.89. The Labute approximate surface area is 207 Å². The van der Waals surface area contributed by atoms with Gasteiger partial charge in [0, 0.05) is 16.8 Å². The van der Waals surface area contributed by atoms with Gasteiger partial charge in [-0.25, -0.2) is 17.6 Å². The van der Waals surface area contributed by atoms with Gasteiger partial charge in [0.05, 0.1) is 40.4 Å². The number of carbonyl (C=O) groups excluding carboxylic acids is 1. The summed E-state index contributed by atoms with van der Waals surface area (Å²) < 4.78 is 53.7. The number of nitrogens with one attached hydrogen (secondary N) is 1. The van der Waals surface area contributed by atoms with Crippen molar-refractivity contribution < 1.29 is 27.1 Å². The number of ether oxygens (including phenoxy) is 2. The third-order valence-electron chi connectivity index (χ3n) is 5.44. The molecule has 0 aliphatic rings. The molecule has 0 spiro atoms. The number of sulfonamides is 1. The van der Waals surface area contributed by atoms with Crippen molar-refractivity contribution in [2.24, 2.45) is 0 Å². The maximum Gasteiger partial charge on any atom is 0.340 e. The molecular weight excluding hydrogens is 495 g/mol. The van der Waals surface area contributed by atoms with Crippen molar-refractivity contribution in [1.82, 2.24) is 4.57 Å². The molecule has 0 amide bonds. The molecule has 7 nitrogen and oxygen atoms in total. The van der Waals surface area contributed by atoms with E-state index in [1.54, 1.807) is 33.1 Å². The fourth-order valence-corrected chi connectivity index (χ4v) is 5.24. The molecule has 0 aliphatic heterocycles. The van der Waals surface area contributed by atoms with Crippen molar-refractivity contribution in [3.05, 3.63) is 82.8 Å². The lowest BCUT2D eigenvalue weighted by atomic mass is 10.1. The topological polar surface area (TPSA) is 86.6 Å². The summed E-state index contributed by atoms with van der Waals surface area (Å²) in [5.74, 6) is -0.447. The third-order valence-corrected chi connectivity index (χ3v) is 7.13. The molecule has 4 rings (SSSR count). The molecule has 35 heavy (non-hydrogen) atoms. The minimum absolute atomic E-state index is 0.118. The van der Waals surface area contributed by atoms with Gasteiger partial charge in [0.15, 0.2) is 0 Å². The first-order valence-corrected chi connectivity index (χ1v) is 12.5. The summed E-state index contributed by atoms with van der Waals surface area (Å²) in [6.07, 6.45) is 0. The number of methoxy groups -OCH3 is 1. The Morgan fingerprint density at radius 1 is 1.09 bits per heavy atom. The Morgan fingerprint density at radius 2 is 1.74 bits per heavy atom. The summed E-state index contributed by atoms with van der Waals surface area (Å²) in [6, 6.07) is 14.6. The van der Waals surface area contributed by atoms with E-state index in [1.165, 1.54) is 12.1 Å². The van der Waals surface area contributed by atoms with Crippen molar-refractivity contribution in [1.29, 1.82) is 0 Å². The van der Waals surface area contributed by atoms with Crippen molar-refractivity contribution in [2.75, 3.05) is 18.4 Å². The van der Waals surface area contributed by atoms with E-state index in [-0.39, 0.29) is 27.8 Å². The molecule has 0 atom stereocenters. The maximum absolute atomic E-state index is 13.2. The number of halogens is 2. The first-order chi connectivity index (χ1) is 16.7. The number of esters is 1. The van der Waals surface area contributed by atoms with Gasteiger partial charge in [-0.15, -0.1) is 0 Å². The van der Waals surface area contributed by atoms with E-state index >= 15 is 0 Å². The van der Waals surface area contributed by atoms with Crippen LogP contribution in [0.2, 0.25) is 5.02 Å². The highest BCUT2D eigenvalue weighted by molar-refractivity contribution is 7.92. The predicted molar refractivity (Wildman–Crippen MR) is 133 cm³/mol. The zero-order valence-electron chi connectivity index (χ0n) is 19.1. The summed E-state index contributed by atoms with van der Waals surface area (Å²) >= 11 is 6.66. The van der Waals surface area contributed by atoms with Crippen LogP contribution in [-0.4, -0.2) is 32.7 Å². The van der Waals surface area contributed by atoms with E-state index in [2.05, 4.69) is 4.72 Å². The van der Waals surface area contributed by atoms with Gasteiger partial charge < -0.3 is 14.0 Å². The molecule has 0 unspecified atom stereocenters. The minimum atomic E-state index is -4.03. The van der Waals surface area contributed by atoms with Gasteiger partial charge in [-0.3, -0.25) is 4.72 Å². The highest BCUT2D eigenvalue weighted by atomic mass is 35.5. The molecule has 10 heteroatoms. The number of hydrogen-bond acceptors (Lipinski definition) is 5. The number of benzene rings is 3. The standard InChI is InChI=1S/C25H22ClFN2O5S/c1-4-34-25(30)23-15(2)29(18-7-9-19(33-3)10-8-18)24-21(23)13-17(14-22(24)26)28-35(31,32)20-11-5-16(27)6-12-20/h5-14,28H,4H2,1-3H3. The molecule has 3 aromatic carbocycles. The van der Waals surface area contributed by atoms with Crippen LogP contribution in [0.3, 0.4) is 0 Å². The number of fused-ring (bicyclic) bond motifs is 1. The molecule has 1 heterocycles. The average Bonchev–Trinajstić information content (AvgIpc) is 3.11. The quantitative estimate of drug-likeness (QED) is 0.318. The normalized spacial score (nSPS) is 11.5. The van der Waals surface area contributed by atoms with Crippen molar-refractivity contribution in [3.8, 4) is 11.4 Å². The van der Waals surface area contributed by atoms with Gasteiger partial charge in [0.1, 0.15) is 11.6 Å². The van der Waals surface area contributed by atoms with Crippen LogP contribution in [0, 0.1) is 12.7 Å². The molecule has 0 radical (unpaired) electrons. The highest BCUT2D eigenvalue weighted by Gasteiger charge is 2.25. The number of carbonyl (C=O) groups is 1. The van der Waals surface area contributed by atoms with Crippen molar-refractivity contribution in [2.45, 2.75) is 18.7 Å². The van der Waals surface area contributed by atoms with Crippen molar-refractivity contribution >= 4 is 44.2 Å². The number of anilines is 1. The summed E-state index contributed by atoms with van der Waals surface area (Å²) in [4.78, 5) is 12.8. The molecule has 0 aliphatic carbocycles. The molecule has 0 fully saturated rings. The Bertz CT molecular complexity index is 1510. The number of nitrogens with zero attached hydrogens (tertiary/aromatic N) is 1. The first-order valence-electron chi connectivity index (χ1n) is 10.6. The number of rotatable bonds is 7. The second-order valence-corrected chi connectivity index (χ2v) is 9.72. The van der Waals surface area contributed by atoms with E-state index in [4.69, 9.17) is 21.1 Å². The lowest BCUT2D eigenvalue weighted by Crippen LogP contribution is -2.13. The molecule has 0 saturated heterocycles. The third kappa shape index (κ3) is 4.69. The summed E-state index contributed by atoms with van der Waals surface area (Å²) in [5, 5.41) is 0.634. The lowest BCUT2D eigenvalue weighted by Gasteiger charge is -2.12. The highest BCUT2D eigenvalue weighted by Crippen LogP contribution is 2.37. The van der Waals surface area contributed by atoms with Crippen LogP contribution in [0.25, 0.3) is 16.6 Å². The van der Waals surface area contributed by atoms with E-state index in [1.807, 2.05) is 16.7 Å². The van der Waals surface area contributed by atoms with E-state index in [0.29, 0.717) is 22.3 Å². The monoisotopic (exact) mass is 516 g/mol. The van der Waals surface area contributed by atoms with Gasteiger partial charge in [-0.1, -0.05) is 11.6 Å². The molecular formula is C25H22ClFN2O5S. The molecule has 0 saturated carbocycles. The van der Waals surface area contributed by atoms with Crippen LogP contribution in [0.1, 0.15) is 23.0 Å². The van der Waals surface area contributed by atoms with Crippen LogP contribution in [-0.2, 0) is 14.8 Å². The molecule has 182 valence electrons. The van der Waals surface area contributed by atoms with E-state index < -0.39 is 21.8 Å². The molecule has 1 N–H and O–H groups in total. The second-order valence-electron chi connectivity index (χ2n) is 7.63. The first kappa shape index (κ1) is 24.6. The molecule has 1 aromatic heterocycles. The van der Waals surface area contributed by atoms with Gasteiger partial charge in [0.25, 0.3) is 10.0 Å². The van der Waals surface area contributed by atoms with Gasteiger partial charge in [0.2, 0.25) is 0 Å². The van der Waals surface area contributed by atoms with Crippen LogP contribution in [0.15, 0.2) is 65.6 Å². The van der Waals surface area contributed by atoms with Gasteiger partial charge in [-0.05, 0) is 74.5 Å². The van der Waals surface area contributed by atoms with Gasteiger partial charge in [-0.2, -0.15) is 0 Å². The van der Waals surface area contributed by atoms with E-state index in [9.17, 15) is 17.6 Å². The SMILES string of the molecule is CCOC(=O)c1c(C)n(-c2ccc(OC)cc2)c2c(Cl)cc(NS(=O)(=O)c3ccc(F)cc3)cc12. The maximum atomic E-state index is 13.2. The summed E-state index contributed by atoms with van der Waals surface area (Å²) in [6.45, 7) is 3.62. The largest absolute Gasteiger partial charge is 0.497 e. The zero-order chi connectivity index (χ0) is 25.3. The van der Waals surface area contributed by atoms with Crippen molar-refractivity contribution in [3.63, 3.8) is 0 Å². The lowest BCUT2D eigenvalue weighted by molar-refractivity contribution is 0.0527. The fraction of sp³-hybridized carbons (Fsp3) is 0.160. The summed E-state index contributed by atoms with van der Waals surface area (Å²) in [5.41, 5.74) is 2.23. The van der Waals surface area contributed by atoms with E-state index in [0.717, 1.165) is 30.0 Å². The molecule has 0 bridgehead atoms. The van der Waals surface area contributed by atoms with Crippen LogP contribution in [0.5, 0.6) is 5.75 Å². The Kier molecular flexibility index (Phi) is 6.73. The number of hydrogen-bond donors (Lipinski definition) is 1. The Balaban J connectivity index is 1.90. The average molecular weight is 517 g/mol. The van der Waals surface area contributed by atoms with Crippen LogP contribution >= 0.6 is 11.6 Å². The Hall–Kier alpha value is -3.56. The zero-order valence-corrected chi connectivity index (χ0v) is 20.7. The molecule has 4 aromatic rings. The van der Waals surface area contributed by atoms with Gasteiger partial charge >= 0.3 is 5.97 Å². The number of aromatic nitrogens is 1. The smallest absolute Gasteiger partial charge is 0.340 e. The predicted octanol–water partition coefficient (Wildman–Crippen LogP) is 5.72. The summed E-state index contributed by atoms with van der Waals surface area (Å²) in [7, 11) is -2.47. The van der Waals surface area contributed by atoms with Crippen LogP contribution < -0.4 is 9.46 Å².